The smallest absolute Gasteiger partial charge is 0.408 e. The van der Waals surface area contributed by atoms with Crippen molar-refractivity contribution in [1.29, 1.82) is 0 Å². The Morgan fingerprint density at radius 1 is 0.765 bits per heavy atom. The van der Waals surface area contributed by atoms with E-state index in [2.05, 4.69) is 16.0 Å². The Kier molecular flexibility index (Phi) is 15.8. The quantitative estimate of drug-likeness (QED) is 0.145. The number of benzene rings is 2. The number of alkyl carbamates (subject to hydrolysis) is 1. The number of alkyl halides is 2. The Morgan fingerprint density at radius 3 is 1.82 bits per heavy atom. The third-order valence-corrected chi connectivity index (χ3v) is 7.62. The molecule has 0 aliphatic heterocycles. The van der Waals surface area contributed by atoms with Gasteiger partial charge < -0.3 is 31.7 Å². The maximum absolute atomic E-state index is 16.4. The van der Waals surface area contributed by atoms with Gasteiger partial charge in [0, 0.05) is 13.0 Å². The molecule has 14 heteroatoms. The summed E-state index contributed by atoms with van der Waals surface area (Å²) in [6.45, 7) is 11.3. The molecule has 2 aromatic rings. The lowest BCUT2D eigenvalue weighted by atomic mass is 9.90. The van der Waals surface area contributed by atoms with E-state index in [4.69, 9.17) is 10.5 Å². The van der Waals surface area contributed by atoms with Crippen molar-refractivity contribution >= 4 is 35.4 Å². The number of halogens is 2. The lowest BCUT2D eigenvalue weighted by Gasteiger charge is -2.31. The van der Waals surface area contributed by atoms with Crippen LogP contribution in [0.15, 0.2) is 60.7 Å². The second kappa shape index (κ2) is 19.0. The molecule has 4 amide bonds. The van der Waals surface area contributed by atoms with Crippen molar-refractivity contribution in [1.82, 2.24) is 21.3 Å². The van der Waals surface area contributed by atoms with E-state index in [0.29, 0.717) is 11.1 Å². The number of hydrogen-bond donors (Lipinski definition) is 5. The predicted octanol–water partition coefficient (Wildman–Crippen LogP) is 3.60. The van der Waals surface area contributed by atoms with Gasteiger partial charge in [-0.2, -0.15) is 8.78 Å². The molecule has 0 saturated carbocycles. The fourth-order valence-corrected chi connectivity index (χ4v) is 4.89. The van der Waals surface area contributed by atoms with E-state index >= 15 is 8.78 Å². The van der Waals surface area contributed by atoms with Crippen molar-refractivity contribution in [3.63, 3.8) is 0 Å². The van der Waals surface area contributed by atoms with Crippen LogP contribution in [-0.4, -0.2) is 71.1 Å². The summed E-state index contributed by atoms with van der Waals surface area (Å²) in [7, 11) is 0. The minimum absolute atomic E-state index is 0.00149. The topological polar surface area (TPSA) is 186 Å². The zero-order valence-corrected chi connectivity index (χ0v) is 30.3. The van der Waals surface area contributed by atoms with Gasteiger partial charge in [-0.05, 0) is 50.2 Å². The average molecular weight is 716 g/mol. The van der Waals surface area contributed by atoms with Gasteiger partial charge in [0.25, 0.3) is 0 Å². The first-order valence-corrected chi connectivity index (χ1v) is 16.9. The van der Waals surface area contributed by atoms with Crippen LogP contribution in [0, 0.1) is 11.8 Å². The largest absolute Gasteiger partial charge is 0.444 e. The number of carbonyl (C=O) groups is 6. The molecule has 0 bridgehead atoms. The van der Waals surface area contributed by atoms with E-state index in [-0.39, 0.29) is 19.4 Å². The molecule has 0 aliphatic carbocycles. The summed E-state index contributed by atoms with van der Waals surface area (Å²) in [5, 5.41) is 9.18. The first-order chi connectivity index (χ1) is 23.7. The number of nitrogens with two attached hydrogens (primary N) is 1. The summed E-state index contributed by atoms with van der Waals surface area (Å²) in [4.78, 5) is 79.0. The third-order valence-electron chi connectivity index (χ3n) is 7.62. The van der Waals surface area contributed by atoms with E-state index in [1.165, 1.54) is 0 Å². The number of Topliss-reactive ketones (excluding diaryl/α,β-unsaturated/α-hetero) is 2. The van der Waals surface area contributed by atoms with Crippen LogP contribution >= 0.6 is 0 Å². The highest BCUT2D eigenvalue weighted by Gasteiger charge is 2.54. The average Bonchev–Trinajstić information content (AvgIpc) is 3.04. The van der Waals surface area contributed by atoms with Gasteiger partial charge in [-0.15, -0.1) is 0 Å². The normalized spacial score (nSPS) is 14.1. The lowest BCUT2D eigenvalue weighted by molar-refractivity contribution is -0.158. The number of ether oxygens (including phenoxy) is 1. The number of nitrogens with one attached hydrogen (secondary N) is 4. The van der Waals surface area contributed by atoms with Gasteiger partial charge in [0.15, 0.2) is 11.8 Å². The molecule has 51 heavy (non-hydrogen) atoms. The summed E-state index contributed by atoms with van der Waals surface area (Å²) in [5.41, 5.74) is 6.26. The fraction of sp³-hybridized carbons (Fsp3) is 0.514. The van der Waals surface area contributed by atoms with Gasteiger partial charge in [0.1, 0.15) is 11.6 Å². The van der Waals surface area contributed by atoms with Gasteiger partial charge in [0.2, 0.25) is 23.5 Å². The van der Waals surface area contributed by atoms with E-state index in [1.807, 2.05) is 5.32 Å². The molecule has 6 N–H and O–H groups in total. The minimum atomic E-state index is -4.61. The monoisotopic (exact) mass is 715 g/mol. The zero-order chi connectivity index (χ0) is 38.5. The van der Waals surface area contributed by atoms with Crippen molar-refractivity contribution < 1.29 is 42.3 Å². The first kappa shape index (κ1) is 42.4. The highest BCUT2D eigenvalue weighted by molar-refractivity contribution is 6.07. The number of carbonyl (C=O) groups excluding carboxylic acids is 6. The summed E-state index contributed by atoms with van der Waals surface area (Å²) in [5.74, 6) is -11.9. The van der Waals surface area contributed by atoms with E-state index in [1.54, 1.807) is 109 Å². The molecule has 0 radical (unpaired) electrons. The predicted molar refractivity (Wildman–Crippen MR) is 187 cm³/mol. The standard InChI is InChI=1S/C37H51F2N5O7/c1-22(2)18-26(42-33(48)27(19-24-14-10-8-11-15-24)43-35(50)51-36(5,6)7)32(47)37(38,39)31(44-34(49)30(40)23(3)4)28(45)20-29(46)41-21-25-16-12-9-13-17-25/h8-17,22-23,26-27,30-31H,18-21,40H2,1-7H3,(H,41,46)(H,42,48)(H,43,50)(H,44,49)/t26?,27-,30-,31?/m0/s1. The van der Waals surface area contributed by atoms with E-state index in [9.17, 15) is 28.8 Å². The fourth-order valence-electron chi connectivity index (χ4n) is 4.89. The summed E-state index contributed by atoms with van der Waals surface area (Å²) in [6.07, 6.45) is -2.40. The zero-order valence-electron chi connectivity index (χ0n) is 30.3. The Hall–Kier alpha value is -4.72. The molecule has 0 aromatic heterocycles. The van der Waals surface area contributed by atoms with Gasteiger partial charge in [0.05, 0.1) is 18.5 Å². The van der Waals surface area contributed by atoms with Gasteiger partial charge in [-0.25, -0.2) is 4.79 Å². The molecule has 280 valence electrons. The maximum Gasteiger partial charge on any atom is 0.408 e. The van der Waals surface area contributed by atoms with Gasteiger partial charge in [-0.1, -0.05) is 88.4 Å². The molecule has 0 saturated heterocycles. The van der Waals surface area contributed by atoms with E-state index < -0.39 is 89.3 Å². The maximum atomic E-state index is 16.4. The molecule has 4 atom stereocenters. The summed E-state index contributed by atoms with van der Waals surface area (Å²) < 4.78 is 38.0. The third kappa shape index (κ3) is 14.2. The SMILES string of the molecule is CC(C)CC(NC(=O)[C@H](Cc1ccccc1)NC(=O)OC(C)(C)C)C(=O)C(F)(F)C(NC(=O)[C@@H](N)C(C)C)C(=O)CC(=O)NCc1ccccc1. The molecule has 0 fully saturated rings. The van der Waals surface area contributed by atoms with Crippen LogP contribution in [0.4, 0.5) is 13.6 Å². The molecule has 0 heterocycles. The lowest BCUT2D eigenvalue weighted by Crippen LogP contribution is -2.64. The highest BCUT2D eigenvalue weighted by Crippen LogP contribution is 2.26. The van der Waals surface area contributed by atoms with Crippen LogP contribution in [0.5, 0.6) is 0 Å². The Bertz CT molecular complexity index is 1500. The summed E-state index contributed by atoms with van der Waals surface area (Å²) >= 11 is 0. The van der Waals surface area contributed by atoms with Crippen molar-refractivity contribution in [2.24, 2.45) is 17.6 Å². The highest BCUT2D eigenvalue weighted by atomic mass is 19.3. The number of amides is 4. The van der Waals surface area contributed by atoms with E-state index in [0.717, 1.165) is 0 Å². The van der Waals surface area contributed by atoms with Crippen LogP contribution in [0.3, 0.4) is 0 Å². The molecule has 0 aliphatic rings. The molecule has 0 spiro atoms. The molecule has 2 aromatic carbocycles. The summed E-state index contributed by atoms with van der Waals surface area (Å²) in [6, 6.07) is 9.87. The second-order valence-corrected chi connectivity index (χ2v) is 14.2. The molecule has 12 nitrogen and oxygen atoms in total. The molecular weight excluding hydrogens is 664 g/mol. The number of hydrogen-bond acceptors (Lipinski definition) is 8. The minimum Gasteiger partial charge on any atom is -0.444 e. The van der Waals surface area contributed by atoms with Crippen LogP contribution in [-0.2, 0) is 41.7 Å². The van der Waals surface area contributed by atoms with Crippen molar-refractivity contribution in [3.05, 3.63) is 71.8 Å². The van der Waals surface area contributed by atoms with Crippen molar-refractivity contribution in [2.45, 2.75) is 110 Å². The molecular formula is C37H51F2N5O7. The number of ketones is 2. The van der Waals surface area contributed by atoms with Gasteiger partial charge in [-0.3, -0.25) is 24.0 Å². The van der Waals surface area contributed by atoms with Crippen LogP contribution in [0.1, 0.15) is 72.4 Å². The Morgan fingerprint density at radius 2 is 1.31 bits per heavy atom. The number of rotatable bonds is 18. The van der Waals surface area contributed by atoms with Crippen LogP contribution in [0.2, 0.25) is 0 Å². The Balaban J connectivity index is 2.41. The molecule has 2 rings (SSSR count). The Labute approximate surface area is 298 Å². The van der Waals surface area contributed by atoms with Crippen molar-refractivity contribution in [2.75, 3.05) is 0 Å². The molecule has 2 unspecified atom stereocenters. The second-order valence-electron chi connectivity index (χ2n) is 14.2. The first-order valence-electron chi connectivity index (χ1n) is 16.9. The van der Waals surface area contributed by atoms with Gasteiger partial charge >= 0.3 is 12.0 Å². The van der Waals surface area contributed by atoms with Crippen molar-refractivity contribution in [3.8, 4) is 0 Å². The van der Waals surface area contributed by atoms with Crippen LogP contribution < -0.4 is 27.0 Å². The van der Waals surface area contributed by atoms with Crippen LogP contribution in [0.25, 0.3) is 0 Å².